The van der Waals surface area contributed by atoms with Crippen molar-refractivity contribution >= 4 is 34.2 Å². The Hall–Kier alpha value is -3.66. The molecule has 0 radical (unpaired) electrons. The minimum atomic E-state index is -0.999. The summed E-state index contributed by atoms with van der Waals surface area (Å²) in [6.45, 7) is 5.80. The van der Waals surface area contributed by atoms with Gasteiger partial charge in [0.1, 0.15) is 17.6 Å². The number of aromatic hydroxyl groups is 1. The Morgan fingerprint density at radius 3 is 2.51 bits per heavy atom. The van der Waals surface area contributed by atoms with Crippen LogP contribution in [0.3, 0.4) is 0 Å². The van der Waals surface area contributed by atoms with Crippen molar-refractivity contribution in [3.05, 3.63) is 65.6 Å². The van der Waals surface area contributed by atoms with Crippen molar-refractivity contribution in [3.8, 4) is 5.75 Å². The highest BCUT2D eigenvalue weighted by atomic mass is 32.1. The quantitative estimate of drug-likeness (QED) is 0.363. The average molecular weight is 499 g/mol. The molecule has 0 unspecified atom stereocenters. The van der Waals surface area contributed by atoms with Crippen LogP contribution < -0.4 is 10.6 Å². The number of hydrogen-bond donors (Lipinski definition) is 3. The van der Waals surface area contributed by atoms with Gasteiger partial charge < -0.3 is 25.1 Å². The fourth-order valence-electron chi connectivity index (χ4n) is 3.34. The van der Waals surface area contributed by atoms with E-state index in [0.29, 0.717) is 22.9 Å². The molecule has 3 aromatic rings. The molecule has 0 spiro atoms. The molecule has 9 nitrogen and oxygen atoms in total. The van der Waals surface area contributed by atoms with E-state index in [4.69, 9.17) is 4.42 Å². The van der Waals surface area contributed by atoms with E-state index in [1.807, 2.05) is 20.8 Å². The van der Waals surface area contributed by atoms with Crippen molar-refractivity contribution in [2.24, 2.45) is 0 Å². The van der Waals surface area contributed by atoms with Gasteiger partial charge in [-0.1, -0.05) is 19.1 Å². The molecule has 0 saturated carbocycles. The summed E-state index contributed by atoms with van der Waals surface area (Å²) in [4.78, 5) is 44.8. The molecule has 0 aliphatic carbocycles. The fourth-order valence-corrected chi connectivity index (χ4v) is 3.89. The standard InChI is InChI=1S/C25H30N4O5S/c1-4-25(2,3)28-23(33)22(17-7-9-18(30)10-8-17)29(16-19-6-5-14-34-19)21(32)12-11-20(31)27-24-26-13-15-35-24/h5-10,13-15,22,30H,4,11-12,16H2,1-3H3,(H,28,33)(H,26,27,31)/t22-/m1/s1. The second-order valence-corrected chi connectivity index (χ2v) is 9.60. The molecule has 0 bridgehead atoms. The summed E-state index contributed by atoms with van der Waals surface area (Å²) < 4.78 is 5.47. The summed E-state index contributed by atoms with van der Waals surface area (Å²) in [6, 6.07) is 8.58. The zero-order chi connectivity index (χ0) is 25.4. The predicted octanol–water partition coefficient (Wildman–Crippen LogP) is 4.24. The largest absolute Gasteiger partial charge is 0.508 e. The van der Waals surface area contributed by atoms with Gasteiger partial charge in [-0.05, 0) is 50.1 Å². The molecular formula is C25H30N4O5S. The number of rotatable bonds is 11. The molecule has 3 amide bonds. The molecule has 1 atom stereocenters. The van der Waals surface area contributed by atoms with Gasteiger partial charge in [-0.15, -0.1) is 11.3 Å². The smallest absolute Gasteiger partial charge is 0.247 e. The number of hydrogen-bond acceptors (Lipinski definition) is 7. The first kappa shape index (κ1) is 26.0. The SMILES string of the molecule is CCC(C)(C)NC(=O)[C@@H](c1ccc(O)cc1)N(Cc1ccco1)C(=O)CCC(=O)Nc1nccs1. The van der Waals surface area contributed by atoms with Crippen molar-refractivity contribution in [1.29, 1.82) is 0 Å². The number of phenolic OH excluding ortho intramolecular Hbond substituents is 1. The molecule has 2 aromatic heterocycles. The molecule has 0 saturated heterocycles. The topological polar surface area (TPSA) is 125 Å². The summed E-state index contributed by atoms with van der Waals surface area (Å²) in [7, 11) is 0. The number of furan rings is 1. The molecule has 3 N–H and O–H groups in total. The van der Waals surface area contributed by atoms with E-state index in [-0.39, 0.29) is 37.0 Å². The number of phenols is 1. The van der Waals surface area contributed by atoms with E-state index in [1.165, 1.54) is 34.6 Å². The van der Waals surface area contributed by atoms with Crippen LogP contribution in [-0.4, -0.2) is 38.3 Å². The van der Waals surface area contributed by atoms with Gasteiger partial charge in [-0.25, -0.2) is 4.98 Å². The van der Waals surface area contributed by atoms with Crippen LogP contribution in [0.15, 0.2) is 58.7 Å². The first-order valence-corrected chi connectivity index (χ1v) is 12.2. The minimum absolute atomic E-state index is 0.0332. The number of anilines is 1. The maximum Gasteiger partial charge on any atom is 0.247 e. The number of thiazole rings is 1. The van der Waals surface area contributed by atoms with Crippen LogP contribution in [0.1, 0.15) is 57.4 Å². The molecule has 0 aliphatic heterocycles. The molecule has 35 heavy (non-hydrogen) atoms. The number of amides is 3. The summed E-state index contributed by atoms with van der Waals surface area (Å²) in [5, 5.41) is 17.6. The average Bonchev–Trinajstić information content (AvgIpc) is 3.52. The van der Waals surface area contributed by atoms with Gasteiger partial charge in [0.2, 0.25) is 17.7 Å². The van der Waals surface area contributed by atoms with Gasteiger partial charge in [0.05, 0.1) is 12.8 Å². The van der Waals surface area contributed by atoms with Crippen LogP contribution >= 0.6 is 11.3 Å². The zero-order valence-electron chi connectivity index (χ0n) is 20.0. The second-order valence-electron chi connectivity index (χ2n) is 8.71. The van der Waals surface area contributed by atoms with Gasteiger partial charge in [0, 0.05) is 30.0 Å². The zero-order valence-corrected chi connectivity index (χ0v) is 20.8. The first-order valence-electron chi connectivity index (χ1n) is 11.3. The van der Waals surface area contributed by atoms with Crippen LogP contribution in [0.5, 0.6) is 5.75 Å². The Bertz CT molecular complexity index is 1110. The fraction of sp³-hybridized carbons (Fsp3) is 0.360. The van der Waals surface area contributed by atoms with Gasteiger partial charge in [0.25, 0.3) is 0 Å². The third-order valence-corrected chi connectivity index (χ3v) is 6.27. The minimum Gasteiger partial charge on any atom is -0.508 e. The third kappa shape index (κ3) is 7.41. The first-order chi connectivity index (χ1) is 16.7. The lowest BCUT2D eigenvalue weighted by Gasteiger charge is -2.34. The third-order valence-electron chi connectivity index (χ3n) is 5.59. The highest BCUT2D eigenvalue weighted by Gasteiger charge is 2.34. The highest BCUT2D eigenvalue weighted by molar-refractivity contribution is 7.13. The van der Waals surface area contributed by atoms with Crippen molar-refractivity contribution in [3.63, 3.8) is 0 Å². The molecule has 3 rings (SSSR count). The summed E-state index contributed by atoms with van der Waals surface area (Å²) >= 11 is 1.28. The van der Waals surface area contributed by atoms with Gasteiger partial charge >= 0.3 is 0 Å². The lowest BCUT2D eigenvalue weighted by Crippen LogP contribution is -2.50. The monoisotopic (exact) mass is 498 g/mol. The molecule has 2 heterocycles. The number of benzene rings is 1. The van der Waals surface area contributed by atoms with Crippen LogP contribution in [0.4, 0.5) is 5.13 Å². The Morgan fingerprint density at radius 2 is 1.91 bits per heavy atom. The second kappa shape index (κ2) is 11.7. The van der Waals surface area contributed by atoms with Gasteiger partial charge in [-0.2, -0.15) is 0 Å². The Labute approximate surface area is 208 Å². The maximum absolute atomic E-state index is 13.5. The lowest BCUT2D eigenvalue weighted by atomic mass is 9.98. The van der Waals surface area contributed by atoms with Crippen molar-refractivity contribution in [1.82, 2.24) is 15.2 Å². The van der Waals surface area contributed by atoms with Gasteiger partial charge in [0.15, 0.2) is 5.13 Å². The van der Waals surface area contributed by atoms with Crippen molar-refractivity contribution in [2.75, 3.05) is 5.32 Å². The van der Waals surface area contributed by atoms with Crippen molar-refractivity contribution < 1.29 is 23.9 Å². The number of nitrogens with zero attached hydrogens (tertiary/aromatic N) is 2. The van der Waals surface area contributed by atoms with E-state index >= 15 is 0 Å². The van der Waals surface area contributed by atoms with E-state index in [0.717, 1.165) is 0 Å². The van der Waals surface area contributed by atoms with Crippen LogP contribution in [0.2, 0.25) is 0 Å². The molecule has 10 heteroatoms. The Kier molecular flexibility index (Phi) is 8.64. The van der Waals surface area contributed by atoms with E-state index in [9.17, 15) is 19.5 Å². The van der Waals surface area contributed by atoms with Crippen LogP contribution in [-0.2, 0) is 20.9 Å². The lowest BCUT2D eigenvalue weighted by molar-refractivity contribution is -0.143. The van der Waals surface area contributed by atoms with Crippen LogP contribution in [0, 0.1) is 0 Å². The normalized spacial score (nSPS) is 12.1. The molecule has 186 valence electrons. The molecule has 1 aromatic carbocycles. The van der Waals surface area contributed by atoms with E-state index < -0.39 is 17.5 Å². The molecular weight excluding hydrogens is 468 g/mol. The van der Waals surface area contributed by atoms with E-state index in [1.54, 1.807) is 35.8 Å². The summed E-state index contributed by atoms with van der Waals surface area (Å²) in [5.74, 6) is -0.557. The highest BCUT2D eigenvalue weighted by Crippen LogP contribution is 2.28. The number of carbonyl (C=O) groups excluding carboxylic acids is 3. The van der Waals surface area contributed by atoms with Crippen LogP contribution in [0.25, 0.3) is 0 Å². The predicted molar refractivity (Wildman–Crippen MR) is 133 cm³/mol. The molecule has 0 fully saturated rings. The van der Waals surface area contributed by atoms with E-state index in [2.05, 4.69) is 15.6 Å². The molecule has 0 aliphatic rings. The van der Waals surface area contributed by atoms with Crippen molar-refractivity contribution in [2.45, 2.75) is 58.2 Å². The summed E-state index contributed by atoms with van der Waals surface area (Å²) in [6.07, 6.45) is 3.57. The van der Waals surface area contributed by atoms with Gasteiger partial charge in [-0.3, -0.25) is 14.4 Å². The Balaban J connectivity index is 1.88. The summed E-state index contributed by atoms with van der Waals surface area (Å²) in [5.41, 5.74) is 0.0264. The number of carbonyl (C=O) groups is 3. The number of nitrogens with one attached hydrogen (secondary N) is 2. The Morgan fingerprint density at radius 1 is 1.17 bits per heavy atom. The maximum atomic E-state index is 13.5. The number of aromatic nitrogens is 1.